The summed E-state index contributed by atoms with van der Waals surface area (Å²) in [5, 5.41) is 4.37. The van der Waals surface area contributed by atoms with E-state index >= 15 is 0 Å². The Hall–Kier alpha value is -3.40. The number of hydrogen-bond acceptors (Lipinski definition) is 10. The van der Waals surface area contributed by atoms with Crippen LogP contribution in [-0.4, -0.2) is 80.2 Å². The van der Waals surface area contributed by atoms with Crippen LogP contribution in [0, 0.1) is 0 Å². The van der Waals surface area contributed by atoms with Gasteiger partial charge in [-0.25, -0.2) is 9.59 Å². The molecule has 0 bridgehead atoms. The Morgan fingerprint density at radius 3 is 2.44 bits per heavy atom. The highest BCUT2D eigenvalue weighted by Gasteiger charge is 2.46. The van der Waals surface area contributed by atoms with Crippen molar-refractivity contribution in [3.05, 3.63) is 42.5 Å². The molecule has 1 aliphatic heterocycles. The zero-order valence-corrected chi connectivity index (χ0v) is 21.5. The van der Waals surface area contributed by atoms with Gasteiger partial charge in [0.1, 0.15) is 30.7 Å². The third-order valence-corrected chi connectivity index (χ3v) is 6.10. The van der Waals surface area contributed by atoms with Crippen molar-refractivity contribution >= 4 is 23.6 Å². The number of carbonyl (C=O) groups is 3. The summed E-state index contributed by atoms with van der Waals surface area (Å²) in [5.74, 6) is -0.835. The van der Waals surface area contributed by atoms with E-state index in [0.29, 0.717) is 37.5 Å². The lowest BCUT2D eigenvalue weighted by molar-refractivity contribution is -0.153. The number of oxime groups is 1. The molecule has 0 spiro atoms. The number of methoxy groups -OCH3 is 1. The normalized spacial score (nSPS) is 17.6. The lowest BCUT2D eigenvalue weighted by Gasteiger charge is -2.41. The van der Waals surface area contributed by atoms with Crippen LogP contribution in [0.2, 0.25) is 0 Å². The maximum absolute atomic E-state index is 12.7. The number of esters is 3. The highest BCUT2D eigenvalue weighted by molar-refractivity contribution is 6.07. The van der Waals surface area contributed by atoms with Crippen LogP contribution < -0.4 is 4.74 Å². The van der Waals surface area contributed by atoms with Crippen LogP contribution in [0.5, 0.6) is 5.75 Å². The molecule has 10 heteroatoms. The molecule has 0 radical (unpaired) electrons. The van der Waals surface area contributed by atoms with Crippen LogP contribution in [0.3, 0.4) is 0 Å². The van der Waals surface area contributed by atoms with Gasteiger partial charge in [-0.1, -0.05) is 18.7 Å². The summed E-state index contributed by atoms with van der Waals surface area (Å²) in [6.45, 7) is 9.46. The number of ether oxygens (including phenoxy) is 4. The standard InChI is InChI=1S/C26H36N2O8/c1-6-22(29)34-16-17-35-23(30)18-36-27-24(19-11-13-20(32-5)14-12-19)26(4,7-2)28-15-9-10-21(28)25(31)33-8-3/h6,11-14,21H,1,7-10,15-18H2,2-5H3. The zero-order valence-electron chi connectivity index (χ0n) is 21.5. The monoisotopic (exact) mass is 504 g/mol. The first-order valence-corrected chi connectivity index (χ1v) is 12.0. The fraction of sp³-hybridized carbons (Fsp3) is 0.538. The SMILES string of the molecule is C=CC(=O)OCCOC(=O)CON=C(c1ccc(OC)cc1)C(C)(CC)N1CCCC1C(=O)OCC. The molecule has 2 atom stereocenters. The summed E-state index contributed by atoms with van der Waals surface area (Å²) in [6, 6.07) is 6.94. The van der Waals surface area contributed by atoms with Gasteiger partial charge in [-0.05, 0) is 63.9 Å². The van der Waals surface area contributed by atoms with E-state index in [-0.39, 0.29) is 19.2 Å². The quantitative estimate of drug-likeness (QED) is 0.0942. The maximum Gasteiger partial charge on any atom is 0.347 e. The Balaban J connectivity index is 2.24. The summed E-state index contributed by atoms with van der Waals surface area (Å²) in [6.07, 6.45) is 3.18. The van der Waals surface area contributed by atoms with Gasteiger partial charge >= 0.3 is 17.9 Å². The Kier molecular flexibility index (Phi) is 11.4. The molecule has 2 rings (SSSR count). The van der Waals surface area contributed by atoms with E-state index in [9.17, 15) is 14.4 Å². The molecule has 10 nitrogen and oxygen atoms in total. The van der Waals surface area contributed by atoms with Crippen molar-refractivity contribution in [1.82, 2.24) is 4.90 Å². The van der Waals surface area contributed by atoms with Crippen molar-refractivity contribution in [1.29, 1.82) is 0 Å². The van der Waals surface area contributed by atoms with Crippen molar-refractivity contribution in [3.63, 3.8) is 0 Å². The Morgan fingerprint density at radius 1 is 1.14 bits per heavy atom. The van der Waals surface area contributed by atoms with Crippen LogP contribution in [0.15, 0.2) is 42.1 Å². The number of rotatable bonds is 14. The largest absolute Gasteiger partial charge is 0.497 e. The summed E-state index contributed by atoms with van der Waals surface area (Å²) >= 11 is 0. The third kappa shape index (κ3) is 7.55. The van der Waals surface area contributed by atoms with Gasteiger partial charge < -0.3 is 23.8 Å². The highest BCUT2D eigenvalue weighted by Crippen LogP contribution is 2.34. The summed E-state index contributed by atoms with van der Waals surface area (Å²) in [7, 11) is 1.58. The second-order valence-corrected chi connectivity index (χ2v) is 8.26. The van der Waals surface area contributed by atoms with Crippen molar-refractivity contribution in [2.24, 2.45) is 5.16 Å². The zero-order chi connectivity index (χ0) is 26.6. The minimum atomic E-state index is -0.689. The minimum absolute atomic E-state index is 0.0882. The van der Waals surface area contributed by atoms with E-state index < -0.39 is 30.1 Å². The van der Waals surface area contributed by atoms with Crippen LogP contribution in [-0.2, 0) is 33.4 Å². The Labute approximate surface area is 212 Å². The number of carbonyl (C=O) groups excluding carboxylic acids is 3. The van der Waals surface area contributed by atoms with Crippen molar-refractivity contribution in [2.45, 2.75) is 51.6 Å². The van der Waals surface area contributed by atoms with Gasteiger partial charge in [0.25, 0.3) is 0 Å². The second kappa shape index (κ2) is 14.2. The van der Waals surface area contributed by atoms with E-state index in [1.54, 1.807) is 14.0 Å². The molecule has 1 heterocycles. The second-order valence-electron chi connectivity index (χ2n) is 8.26. The van der Waals surface area contributed by atoms with E-state index in [2.05, 4.69) is 16.6 Å². The van der Waals surface area contributed by atoms with Gasteiger partial charge in [-0.15, -0.1) is 0 Å². The van der Waals surface area contributed by atoms with Gasteiger partial charge in [-0.3, -0.25) is 9.69 Å². The summed E-state index contributed by atoms with van der Waals surface area (Å²) in [4.78, 5) is 43.4. The molecule has 0 saturated carbocycles. The molecular formula is C26H36N2O8. The van der Waals surface area contributed by atoms with Gasteiger partial charge in [0.2, 0.25) is 6.61 Å². The maximum atomic E-state index is 12.7. The van der Waals surface area contributed by atoms with Crippen LogP contribution in [0.25, 0.3) is 0 Å². The highest BCUT2D eigenvalue weighted by atomic mass is 16.7. The number of benzene rings is 1. The predicted molar refractivity (Wildman–Crippen MR) is 133 cm³/mol. The molecule has 198 valence electrons. The topological polar surface area (TPSA) is 113 Å². The predicted octanol–water partition coefficient (Wildman–Crippen LogP) is 2.88. The third-order valence-electron chi connectivity index (χ3n) is 6.10. The molecule has 0 N–H and O–H groups in total. The first kappa shape index (κ1) is 28.8. The van der Waals surface area contributed by atoms with Crippen molar-refractivity contribution < 1.29 is 38.2 Å². The lowest BCUT2D eigenvalue weighted by atomic mass is 9.85. The van der Waals surface area contributed by atoms with Crippen LogP contribution in [0.1, 0.15) is 45.6 Å². The Morgan fingerprint density at radius 2 is 1.83 bits per heavy atom. The van der Waals surface area contributed by atoms with Gasteiger partial charge in [0, 0.05) is 11.6 Å². The summed E-state index contributed by atoms with van der Waals surface area (Å²) < 4.78 is 20.4. The number of likely N-dealkylation sites (tertiary alicyclic amines) is 1. The van der Waals surface area contributed by atoms with Gasteiger partial charge in [0.05, 0.1) is 19.3 Å². The average Bonchev–Trinajstić information content (AvgIpc) is 3.40. The first-order valence-electron chi connectivity index (χ1n) is 12.0. The van der Waals surface area contributed by atoms with Gasteiger partial charge in [-0.2, -0.15) is 0 Å². The average molecular weight is 505 g/mol. The molecule has 0 aromatic heterocycles. The molecule has 1 fully saturated rings. The molecule has 1 saturated heterocycles. The molecule has 36 heavy (non-hydrogen) atoms. The van der Waals surface area contributed by atoms with Gasteiger partial charge in [0.15, 0.2) is 0 Å². The van der Waals surface area contributed by atoms with E-state index in [0.717, 1.165) is 18.1 Å². The number of hydrogen-bond donors (Lipinski definition) is 0. The molecule has 1 aromatic carbocycles. The summed E-state index contributed by atoms with van der Waals surface area (Å²) in [5.41, 5.74) is 0.640. The molecule has 2 unspecified atom stereocenters. The first-order chi connectivity index (χ1) is 17.3. The molecule has 1 aromatic rings. The lowest BCUT2D eigenvalue weighted by Crippen LogP contribution is -2.56. The van der Waals surface area contributed by atoms with Crippen molar-refractivity contribution in [3.8, 4) is 5.75 Å². The smallest absolute Gasteiger partial charge is 0.347 e. The van der Waals surface area contributed by atoms with Crippen molar-refractivity contribution in [2.75, 3.05) is 40.1 Å². The van der Waals surface area contributed by atoms with Crippen LogP contribution in [0.4, 0.5) is 0 Å². The van der Waals surface area contributed by atoms with E-state index in [1.165, 1.54) is 0 Å². The molecule has 0 amide bonds. The van der Waals surface area contributed by atoms with E-state index in [1.807, 2.05) is 38.1 Å². The molecule has 1 aliphatic rings. The van der Waals surface area contributed by atoms with E-state index in [4.69, 9.17) is 23.8 Å². The number of nitrogens with zero attached hydrogens (tertiary/aromatic N) is 2. The molecular weight excluding hydrogens is 468 g/mol. The molecule has 0 aliphatic carbocycles. The van der Waals surface area contributed by atoms with Crippen LogP contribution >= 0.6 is 0 Å². The fourth-order valence-electron chi connectivity index (χ4n) is 4.11. The minimum Gasteiger partial charge on any atom is -0.497 e. The fourth-order valence-corrected chi connectivity index (χ4v) is 4.11. The Bertz CT molecular complexity index is 930.